The molecule has 0 bridgehead atoms. The van der Waals surface area contributed by atoms with E-state index in [1.54, 1.807) is 6.07 Å². The molecule has 0 unspecified atom stereocenters. The molecule has 92 valence electrons. The first-order valence-corrected chi connectivity index (χ1v) is 7.35. The van der Waals surface area contributed by atoms with Crippen molar-refractivity contribution in [1.29, 1.82) is 0 Å². The summed E-state index contributed by atoms with van der Waals surface area (Å²) in [6.07, 6.45) is 2.02. The van der Waals surface area contributed by atoms with E-state index in [2.05, 4.69) is 15.9 Å². The summed E-state index contributed by atoms with van der Waals surface area (Å²) >= 11 is 4.85. The first-order valence-electron chi connectivity index (χ1n) is 5.74. The third kappa shape index (κ3) is 2.27. The minimum absolute atomic E-state index is 0.229. The van der Waals surface area contributed by atoms with E-state index in [4.69, 9.17) is 0 Å². The third-order valence-electron chi connectivity index (χ3n) is 2.99. The van der Waals surface area contributed by atoms with Crippen LogP contribution in [0.25, 0.3) is 10.4 Å². The molecule has 0 N–H and O–H groups in total. The number of carbonyl (C=O) groups is 1. The molecular weight excluding hydrogens is 315 g/mol. The van der Waals surface area contributed by atoms with Gasteiger partial charge >= 0.3 is 0 Å². The van der Waals surface area contributed by atoms with Gasteiger partial charge in [-0.25, -0.2) is 4.39 Å². The Labute approximate surface area is 117 Å². The van der Waals surface area contributed by atoms with Crippen molar-refractivity contribution in [3.63, 3.8) is 0 Å². The lowest BCUT2D eigenvalue weighted by Crippen LogP contribution is -1.96. The zero-order chi connectivity index (χ0) is 12.7. The SMILES string of the molecule is O=C(c1ccc(-c2cc(F)ccc2Br)s1)C1CC1. The van der Waals surface area contributed by atoms with Crippen molar-refractivity contribution in [3.05, 3.63) is 45.5 Å². The van der Waals surface area contributed by atoms with Gasteiger partial charge in [0.05, 0.1) is 4.88 Å². The monoisotopic (exact) mass is 324 g/mol. The second-order valence-corrected chi connectivity index (χ2v) is 6.36. The van der Waals surface area contributed by atoms with Gasteiger partial charge in [0.15, 0.2) is 5.78 Å². The van der Waals surface area contributed by atoms with Gasteiger partial charge in [0, 0.05) is 20.8 Å². The molecule has 1 aliphatic carbocycles. The van der Waals surface area contributed by atoms with E-state index < -0.39 is 0 Å². The van der Waals surface area contributed by atoms with Gasteiger partial charge in [-0.1, -0.05) is 15.9 Å². The van der Waals surface area contributed by atoms with Gasteiger partial charge < -0.3 is 0 Å². The van der Waals surface area contributed by atoms with Gasteiger partial charge in [0.25, 0.3) is 0 Å². The Morgan fingerprint density at radius 2 is 2.06 bits per heavy atom. The molecule has 3 rings (SSSR count). The first-order chi connectivity index (χ1) is 8.65. The van der Waals surface area contributed by atoms with Crippen LogP contribution in [0.4, 0.5) is 4.39 Å². The molecule has 0 spiro atoms. The summed E-state index contributed by atoms with van der Waals surface area (Å²) in [5.41, 5.74) is 0.801. The van der Waals surface area contributed by atoms with Gasteiger partial charge in [-0.05, 0) is 43.2 Å². The van der Waals surface area contributed by atoms with Crippen LogP contribution >= 0.6 is 27.3 Å². The number of carbonyl (C=O) groups excluding carboxylic acids is 1. The van der Waals surface area contributed by atoms with Crippen molar-refractivity contribution in [2.45, 2.75) is 12.8 Å². The van der Waals surface area contributed by atoms with Crippen molar-refractivity contribution in [3.8, 4) is 10.4 Å². The molecule has 0 aliphatic heterocycles. The fourth-order valence-corrected chi connectivity index (χ4v) is 3.49. The van der Waals surface area contributed by atoms with Crippen LogP contribution < -0.4 is 0 Å². The number of benzene rings is 1. The molecule has 0 radical (unpaired) electrons. The van der Waals surface area contributed by atoms with Crippen molar-refractivity contribution in [2.75, 3.05) is 0 Å². The highest BCUT2D eigenvalue weighted by molar-refractivity contribution is 9.10. The fraction of sp³-hybridized carbons (Fsp3) is 0.214. The zero-order valence-corrected chi connectivity index (χ0v) is 11.9. The number of hydrogen-bond acceptors (Lipinski definition) is 2. The summed E-state index contributed by atoms with van der Waals surface area (Å²) in [4.78, 5) is 13.6. The molecule has 1 saturated carbocycles. The van der Waals surface area contributed by atoms with Crippen LogP contribution in [0.5, 0.6) is 0 Å². The van der Waals surface area contributed by atoms with Crippen LogP contribution in [0, 0.1) is 11.7 Å². The van der Waals surface area contributed by atoms with Crippen molar-refractivity contribution in [2.24, 2.45) is 5.92 Å². The summed E-state index contributed by atoms with van der Waals surface area (Å²) in [6, 6.07) is 8.32. The molecule has 0 amide bonds. The van der Waals surface area contributed by atoms with E-state index in [1.165, 1.54) is 23.5 Å². The minimum Gasteiger partial charge on any atom is -0.293 e. The second kappa shape index (κ2) is 4.59. The lowest BCUT2D eigenvalue weighted by atomic mass is 10.2. The van der Waals surface area contributed by atoms with Gasteiger partial charge in [0.2, 0.25) is 0 Å². The standard InChI is InChI=1S/C14H10BrFOS/c15-11-4-3-9(16)7-10(11)12-5-6-13(18-12)14(17)8-1-2-8/h3-8H,1-2H2. The quantitative estimate of drug-likeness (QED) is 0.733. The molecule has 4 heteroatoms. The van der Waals surface area contributed by atoms with Crippen LogP contribution in [-0.2, 0) is 0 Å². The Morgan fingerprint density at radius 3 is 2.78 bits per heavy atom. The van der Waals surface area contributed by atoms with Crippen LogP contribution in [0.3, 0.4) is 0 Å². The highest BCUT2D eigenvalue weighted by Gasteiger charge is 2.31. The number of halogens is 2. The third-order valence-corrected chi connectivity index (χ3v) is 4.82. The molecule has 1 heterocycles. The number of hydrogen-bond donors (Lipinski definition) is 0. The lowest BCUT2D eigenvalue weighted by molar-refractivity contribution is 0.0971. The van der Waals surface area contributed by atoms with E-state index in [-0.39, 0.29) is 17.5 Å². The lowest BCUT2D eigenvalue weighted by Gasteiger charge is -2.01. The van der Waals surface area contributed by atoms with Gasteiger partial charge in [-0.15, -0.1) is 11.3 Å². The summed E-state index contributed by atoms with van der Waals surface area (Å²) in [5.74, 6) is 0.197. The molecule has 2 aromatic rings. The van der Waals surface area contributed by atoms with Crippen LogP contribution in [0.1, 0.15) is 22.5 Å². The largest absolute Gasteiger partial charge is 0.293 e. The van der Waals surface area contributed by atoms with Crippen molar-refractivity contribution >= 4 is 33.0 Å². The van der Waals surface area contributed by atoms with Crippen LogP contribution in [-0.4, -0.2) is 5.78 Å². The topological polar surface area (TPSA) is 17.1 Å². The van der Waals surface area contributed by atoms with E-state index in [9.17, 15) is 9.18 Å². The molecule has 1 fully saturated rings. The number of Topliss-reactive ketones (excluding diaryl/α,β-unsaturated/α-hetero) is 1. The Balaban J connectivity index is 1.97. The van der Waals surface area contributed by atoms with E-state index in [0.717, 1.165) is 32.6 Å². The maximum Gasteiger partial charge on any atom is 0.175 e. The van der Waals surface area contributed by atoms with Crippen LogP contribution in [0.2, 0.25) is 0 Å². The highest BCUT2D eigenvalue weighted by Crippen LogP contribution is 2.38. The molecule has 1 aromatic carbocycles. The summed E-state index contributed by atoms with van der Waals surface area (Å²) in [6.45, 7) is 0. The highest BCUT2D eigenvalue weighted by atomic mass is 79.9. The van der Waals surface area contributed by atoms with E-state index in [0.29, 0.717) is 0 Å². The summed E-state index contributed by atoms with van der Waals surface area (Å²) in [7, 11) is 0. The molecular formula is C14H10BrFOS. The molecule has 18 heavy (non-hydrogen) atoms. The van der Waals surface area contributed by atoms with E-state index in [1.807, 2.05) is 12.1 Å². The Hall–Kier alpha value is -1.00. The Bertz CT molecular complexity index is 616. The minimum atomic E-state index is -0.267. The Kier molecular flexibility index (Phi) is 3.08. The second-order valence-electron chi connectivity index (χ2n) is 4.43. The predicted octanol–water partition coefficient (Wildman–Crippen LogP) is 4.91. The molecule has 1 nitrogen and oxygen atoms in total. The summed E-state index contributed by atoms with van der Waals surface area (Å²) < 4.78 is 14.1. The maximum atomic E-state index is 13.3. The maximum absolute atomic E-state index is 13.3. The molecule has 0 atom stereocenters. The number of thiophene rings is 1. The van der Waals surface area contributed by atoms with Gasteiger partial charge in [-0.2, -0.15) is 0 Å². The molecule has 1 aliphatic rings. The van der Waals surface area contributed by atoms with Crippen LogP contribution in [0.15, 0.2) is 34.8 Å². The van der Waals surface area contributed by atoms with Crippen molar-refractivity contribution in [1.82, 2.24) is 0 Å². The normalized spacial score (nSPS) is 14.8. The average Bonchev–Trinajstić information content (AvgIpc) is 3.09. The van der Waals surface area contributed by atoms with Gasteiger partial charge in [-0.3, -0.25) is 4.79 Å². The van der Waals surface area contributed by atoms with E-state index >= 15 is 0 Å². The summed E-state index contributed by atoms with van der Waals surface area (Å²) in [5, 5.41) is 0. The van der Waals surface area contributed by atoms with Gasteiger partial charge in [0.1, 0.15) is 5.82 Å². The fourth-order valence-electron chi connectivity index (χ4n) is 1.85. The predicted molar refractivity (Wildman–Crippen MR) is 74.5 cm³/mol. The average molecular weight is 325 g/mol. The zero-order valence-electron chi connectivity index (χ0n) is 9.45. The smallest absolute Gasteiger partial charge is 0.175 e. The van der Waals surface area contributed by atoms with Crippen molar-refractivity contribution < 1.29 is 9.18 Å². The molecule has 1 aromatic heterocycles. The Morgan fingerprint density at radius 1 is 1.28 bits per heavy atom. The molecule has 0 saturated heterocycles. The number of rotatable bonds is 3. The number of ketones is 1. The first kappa shape index (κ1) is 12.1.